The Hall–Kier alpha value is -2.93. The van der Waals surface area contributed by atoms with Gasteiger partial charge in [0.2, 0.25) is 9.04 Å². The number of carbonyl (C=O) groups excluding carboxylic acids is 1. The van der Waals surface area contributed by atoms with Gasteiger partial charge in [-0.05, 0) is 60.2 Å². The molecule has 0 saturated carbocycles. The molecule has 4 rings (SSSR count). The van der Waals surface area contributed by atoms with E-state index in [0.717, 1.165) is 12.1 Å². The number of hydrogen-bond donors (Lipinski definition) is 1. The Morgan fingerprint density at radius 1 is 0.923 bits per heavy atom. The number of amides is 1. The van der Waals surface area contributed by atoms with E-state index >= 15 is 0 Å². The van der Waals surface area contributed by atoms with Gasteiger partial charge in [0.05, 0.1) is 12.1 Å². The molecule has 1 heterocycles. The monoisotopic (exact) mass is 544 g/mol. The molecule has 1 N–H and O–H groups in total. The molecule has 1 aliphatic heterocycles. The fraction of sp³-hybridized carbons (Fsp3) is 0.424. The van der Waals surface area contributed by atoms with Gasteiger partial charge in [-0.25, -0.2) is 4.79 Å². The lowest BCUT2D eigenvalue weighted by Crippen LogP contribution is -2.59. The molecule has 1 saturated heterocycles. The number of aryl methyl sites for hydroxylation is 1. The summed E-state index contributed by atoms with van der Waals surface area (Å²) >= 11 is 0. The van der Waals surface area contributed by atoms with Crippen molar-refractivity contribution in [2.45, 2.75) is 71.6 Å². The summed E-state index contributed by atoms with van der Waals surface area (Å²) in [6, 6.07) is 27.5. The number of rotatable bonds is 6. The molecule has 0 radical (unpaired) electrons. The van der Waals surface area contributed by atoms with E-state index in [1.54, 1.807) is 0 Å². The average Bonchev–Trinajstić information content (AvgIpc) is 2.89. The van der Waals surface area contributed by atoms with Crippen LogP contribution in [0.4, 0.5) is 4.79 Å². The van der Waals surface area contributed by atoms with E-state index in [2.05, 4.69) is 99.7 Å². The van der Waals surface area contributed by atoms with Gasteiger partial charge < -0.3 is 14.5 Å². The molecule has 3 aromatic rings. The first kappa shape index (κ1) is 29.1. The predicted octanol–water partition coefficient (Wildman–Crippen LogP) is 5.10. The summed E-state index contributed by atoms with van der Waals surface area (Å²) in [5, 5.41) is 5.95. The van der Waals surface area contributed by atoms with Crippen LogP contribution in [0, 0.1) is 6.92 Å². The van der Waals surface area contributed by atoms with Crippen molar-refractivity contribution in [1.82, 2.24) is 10.2 Å². The zero-order valence-corrected chi connectivity index (χ0v) is 25.7. The third kappa shape index (κ3) is 7.38. The lowest BCUT2D eigenvalue weighted by molar-refractivity contribution is -0.00763. The predicted molar refractivity (Wildman–Crippen MR) is 163 cm³/mol. The van der Waals surface area contributed by atoms with E-state index < -0.39 is 14.6 Å². The molecule has 3 aromatic carbocycles. The van der Waals surface area contributed by atoms with Crippen molar-refractivity contribution in [3.8, 4) is 0 Å². The molecule has 0 bridgehead atoms. The van der Waals surface area contributed by atoms with E-state index in [9.17, 15) is 4.79 Å². The number of ether oxygens (including phenoxy) is 1. The Kier molecular flexibility index (Phi) is 8.99. The first-order chi connectivity index (χ1) is 18.4. The standard InChI is InChI=1S/C33H44N2O3Si/c1-24-18-19-25(22-28(24)32(2,3)4)30(29-23-34-20-21-35(29)31(36)37-33(5,6)7)38-39(26-14-10-8-11-15-26)27-16-12-9-13-17-27/h8-19,22,29-30,34,39H,20-21,23H2,1-7H3/t29-,30?/m1/s1. The maximum atomic E-state index is 13.5. The van der Waals surface area contributed by atoms with E-state index in [0.29, 0.717) is 13.1 Å². The second-order valence-electron chi connectivity index (χ2n) is 12.5. The van der Waals surface area contributed by atoms with Crippen LogP contribution in [0.15, 0.2) is 78.9 Å². The Morgan fingerprint density at radius 3 is 2.05 bits per heavy atom. The van der Waals surface area contributed by atoms with E-state index in [1.807, 2.05) is 37.8 Å². The molecule has 5 nitrogen and oxygen atoms in total. The summed E-state index contributed by atoms with van der Waals surface area (Å²) in [5.74, 6) is 0. The molecule has 0 aliphatic carbocycles. The first-order valence-electron chi connectivity index (χ1n) is 14.0. The van der Waals surface area contributed by atoms with Crippen LogP contribution in [-0.4, -0.2) is 51.3 Å². The number of nitrogens with one attached hydrogen (secondary N) is 1. The molecule has 1 amide bonds. The smallest absolute Gasteiger partial charge is 0.410 e. The Labute approximate surface area is 236 Å². The average molecular weight is 545 g/mol. The van der Waals surface area contributed by atoms with E-state index in [1.165, 1.54) is 21.5 Å². The summed E-state index contributed by atoms with van der Waals surface area (Å²) in [6.07, 6.45) is -0.618. The number of carbonyl (C=O) groups is 1. The molecule has 2 atom stereocenters. The minimum absolute atomic E-state index is 0.0179. The van der Waals surface area contributed by atoms with E-state index in [4.69, 9.17) is 9.16 Å². The van der Waals surface area contributed by atoms with Gasteiger partial charge in [0.25, 0.3) is 0 Å². The second kappa shape index (κ2) is 12.1. The summed E-state index contributed by atoms with van der Waals surface area (Å²) < 4.78 is 13.2. The lowest BCUT2D eigenvalue weighted by atomic mass is 9.82. The fourth-order valence-corrected chi connectivity index (χ4v) is 7.79. The molecule has 1 aliphatic rings. The Morgan fingerprint density at radius 2 is 1.51 bits per heavy atom. The molecule has 0 spiro atoms. The highest BCUT2D eigenvalue weighted by Gasteiger charge is 2.39. The number of nitrogens with zero attached hydrogens (tertiary/aromatic N) is 1. The molecular weight excluding hydrogens is 500 g/mol. The molecule has 208 valence electrons. The van der Waals surface area contributed by atoms with Crippen LogP contribution in [-0.2, 0) is 14.6 Å². The van der Waals surface area contributed by atoms with Crippen molar-refractivity contribution >= 4 is 25.5 Å². The Bertz CT molecular complexity index is 1200. The Balaban J connectivity index is 1.83. The van der Waals surface area contributed by atoms with Crippen molar-refractivity contribution in [3.63, 3.8) is 0 Å². The van der Waals surface area contributed by atoms with Crippen molar-refractivity contribution < 1.29 is 14.0 Å². The molecule has 0 aromatic heterocycles. The minimum Gasteiger partial charge on any atom is -0.444 e. The van der Waals surface area contributed by atoms with Gasteiger partial charge in [-0.2, -0.15) is 0 Å². The van der Waals surface area contributed by atoms with Crippen molar-refractivity contribution in [3.05, 3.63) is 95.6 Å². The van der Waals surface area contributed by atoms with E-state index in [-0.39, 0.29) is 23.7 Å². The van der Waals surface area contributed by atoms with Gasteiger partial charge in [0, 0.05) is 19.6 Å². The maximum Gasteiger partial charge on any atom is 0.410 e. The van der Waals surface area contributed by atoms with Gasteiger partial charge >= 0.3 is 6.09 Å². The van der Waals surface area contributed by atoms with Gasteiger partial charge in [-0.15, -0.1) is 0 Å². The van der Waals surface area contributed by atoms with Crippen LogP contribution >= 0.6 is 0 Å². The largest absolute Gasteiger partial charge is 0.444 e. The van der Waals surface area contributed by atoms with Gasteiger partial charge in [0.1, 0.15) is 5.60 Å². The highest BCUT2D eigenvalue weighted by atomic mass is 28.3. The molecule has 6 heteroatoms. The topological polar surface area (TPSA) is 50.8 Å². The van der Waals surface area contributed by atoms with Crippen molar-refractivity contribution in [2.75, 3.05) is 19.6 Å². The summed E-state index contributed by atoms with van der Waals surface area (Å²) in [4.78, 5) is 15.4. The van der Waals surface area contributed by atoms with Crippen LogP contribution in [0.25, 0.3) is 0 Å². The van der Waals surface area contributed by atoms with Crippen LogP contribution in [0.5, 0.6) is 0 Å². The summed E-state index contributed by atoms with van der Waals surface area (Å²) in [7, 11) is -2.13. The van der Waals surface area contributed by atoms with Crippen LogP contribution in [0.1, 0.15) is 64.3 Å². The van der Waals surface area contributed by atoms with Gasteiger partial charge in [-0.1, -0.05) is 99.6 Å². The molecule has 39 heavy (non-hydrogen) atoms. The zero-order chi connectivity index (χ0) is 28.2. The van der Waals surface area contributed by atoms with Crippen LogP contribution in [0.2, 0.25) is 0 Å². The lowest BCUT2D eigenvalue weighted by Gasteiger charge is -2.42. The number of piperazine rings is 1. The number of benzene rings is 3. The van der Waals surface area contributed by atoms with Crippen molar-refractivity contribution in [1.29, 1.82) is 0 Å². The second-order valence-corrected chi connectivity index (χ2v) is 14.9. The third-order valence-corrected chi connectivity index (χ3v) is 9.69. The minimum atomic E-state index is -2.13. The van der Waals surface area contributed by atoms with Crippen LogP contribution in [0.3, 0.4) is 0 Å². The quantitative estimate of drug-likeness (QED) is 0.439. The SMILES string of the molecule is Cc1ccc(C(O[SiH](c2ccccc2)c2ccccc2)[C@H]2CNCCN2C(=O)OC(C)(C)C)cc1C(C)(C)C. The van der Waals surface area contributed by atoms with Crippen molar-refractivity contribution in [2.24, 2.45) is 0 Å². The molecule has 1 fully saturated rings. The highest BCUT2D eigenvalue weighted by Crippen LogP contribution is 2.33. The maximum absolute atomic E-state index is 13.5. The highest BCUT2D eigenvalue weighted by molar-refractivity contribution is 6.80. The first-order valence-corrected chi connectivity index (χ1v) is 15.6. The fourth-order valence-electron chi connectivity index (χ4n) is 5.31. The normalized spacial score (nSPS) is 17.2. The summed E-state index contributed by atoms with van der Waals surface area (Å²) in [5.41, 5.74) is 3.06. The third-order valence-electron chi connectivity index (χ3n) is 7.15. The summed E-state index contributed by atoms with van der Waals surface area (Å²) in [6.45, 7) is 16.6. The molecular formula is C33H44N2O3Si. The molecule has 1 unspecified atom stereocenters. The zero-order valence-electron chi connectivity index (χ0n) is 24.5. The van der Waals surface area contributed by atoms with Gasteiger partial charge in [0.15, 0.2) is 0 Å². The van der Waals surface area contributed by atoms with Crippen LogP contribution < -0.4 is 15.7 Å². The van der Waals surface area contributed by atoms with Gasteiger partial charge in [-0.3, -0.25) is 4.90 Å². The number of hydrogen-bond acceptors (Lipinski definition) is 4.